The van der Waals surface area contributed by atoms with Crippen LogP contribution in [0.4, 0.5) is 17.6 Å². The van der Waals surface area contributed by atoms with E-state index in [4.69, 9.17) is 4.74 Å². The smallest absolute Gasteiger partial charge is 0.473 e. The molecular formula is C20H25F4N3O3. The van der Waals surface area contributed by atoms with Gasteiger partial charge in [-0.05, 0) is 42.6 Å². The lowest BCUT2D eigenvalue weighted by molar-refractivity contribution is -0.206. The average molecular weight is 431 g/mol. The van der Waals surface area contributed by atoms with Gasteiger partial charge in [0.05, 0.1) is 0 Å². The lowest BCUT2D eigenvalue weighted by Crippen LogP contribution is -2.31. The van der Waals surface area contributed by atoms with Gasteiger partial charge in [0.1, 0.15) is 18.1 Å². The third-order valence-electron chi connectivity index (χ3n) is 4.05. The van der Waals surface area contributed by atoms with Crippen molar-refractivity contribution < 1.29 is 31.8 Å². The first-order chi connectivity index (χ1) is 13.8. The first-order valence-electron chi connectivity index (χ1n) is 9.21. The van der Waals surface area contributed by atoms with Crippen molar-refractivity contribution in [2.24, 2.45) is 5.41 Å². The predicted octanol–water partition coefficient (Wildman–Crippen LogP) is 4.28. The molecule has 2 aromatic rings. The highest BCUT2D eigenvalue weighted by atomic mass is 19.4. The molecule has 0 aliphatic carbocycles. The fraction of sp³-hybridized carbons (Fsp3) is 0.500. The van der Waals surface area contributed by atoms with E-state index in [-0.39, 0.29) is 29.4 Å². The molecule has 10 heteroatoms. The molecular weight excluding hydrogens is 406 g/mol. The van der Waals surface area contributed by atoms with Crippen molar-refractivity contribution in [2.45, 2.75) is 53.3 Å². The quantitative estimate of drug-likeness (QED) is 0.403. The number of hydrogen-bond donors (Lipinski definition) is 1. The SMILES string of the molecule is CNC(OC(=O)C(F)(F)F)c1cc(OCc2ccc(F)cc2C)n(CC(C)(C)C)n1. The maximum absolute atomic E-state index is 13.3. The number of alkyl halides is 3. The highest BCUT2D eigenvalue weighted by Gasteiger charge is 2.42. The van der Waals surface area contributed by atoms with Crippen LogP contribution in [0.15, 0.2) is 24.3 Å². The van der Waals surface area contributed by atoms with Crippen LogP contribution < -0.4 is 10.1 Å². The summed E-state index contributed by atoms with van der Waals surface area (Å²) >= 11 is 0. The molecule has 1 N–H and O–H groups in total. The molecule has 6 nitrogen and oxygen atoms in total. The van der Waals surface area contributed by atoms with Crippen molar-refractivity contribution in [1.29, 1.82) is 0 Å². The molecule has 2 rings (SSSR count). The minimum atomic E-state index is -5.12. The monoisotopic (exact) mass is 431 g/mol. The number of ether oxygens (including phenoxy) is 2. The summed E-state index contributed by atoms with van der Waals surface area (Å²) in [5, 5.41) is 6.77. The number of benzene rings is 1. The second kappa shape index (κ2) is 9.03. The molecule has 1 atom stereocenters. The summed E-state index contributed by atoms with van der Waals surface area (Å²) in [5.41, 5.74) is 1.29. The van der Waals surface area contributed by atoms with E-state index >= 15 is 0 Å². The minimum Gasteiger partial charge on any atom is -0.473 e. The van der Waals surface area contributed by atoms with Gasteiger partial charge >= 0.3 is 12.1 Å². The Kier molecular flexibility index (Phi) is 7.12. The summed E-state index contributed by atoms with van der Waals surface area (Å²) in [6, 6.07) is 5.70. The van der Waals surface area contributed by atoms with Crippen LogP contribution in [0, 0.1) is 18.2 Å². The lowest BCUT2D eigenvalue weighted by Gasteiger charge is -2.20. The van der Waals surface area contributed by atoms with E-state index in [9.17, 15) is 22.4 Å². The second-order valence-electron chi connectivity index (χ2n) is 8.06. The highest BCUT2D eigenvalue weighted by Crippen LogP contribution is 2.27. The van der Waals surface area contributed by atoms with Gasteiger partial charge in [0.2, 0.25) is 5.88 Å². The number of halogens is 4. The van der Waals surface area contributed by atoms with Gasteiger partial charge < -0.3 is 9.47 Å². The Hall–Kier alpha value is -2.62. The Balaban J connectivity index is 2.29. The molecule has 0 aliphatic rings. The van der Waals surface area contributed by atoms with Crippen molar-refractivity contribution >= 4 is 5.97 Å². The fourth-order valence-corrected chi connectivity index (χ4v) is 2.64. The summed E-state index contributed by atoms with van der Waals surface area (Å²) in [6.07, 6.45) is -6.53. The van der Waals surface area contributed by atoms with Crippen LogP contribution in [-0.4, -0.2) is 29.0 Å². The third kappa shape index (κ3) is 6.45. The van der Waals surface area contributed by atoms with Gasteiger partial charge in [0.15, 0.2) is 6.23 Å². The number of nitrogens with one attached hydrogen (secondary N) is 1. The number of rotatable bonds is 7. The van der Waals surface area contributed by atoms with Crippen LogP contribution in [0.1, 0.15) is 43.8 Å². The van der Waals surface area contributed by atoms with Crippen LogP contribution >= 0.6 is 0 Å². The molecule has 0 aliphatic heterocycles. The van der Waals surface area contributed by atoms with Gasteiger partial charge in [-0.2, -0.15) is 18.3 Å². The molecule has 0 radical (unpaired) electrons. The molecule has 0 fully saturated rings. The number of carbonyl (C=O) groups excluding carboxylic acids is 1. The first-order valence-corrected chi connectivity index (χ1v) is 9.21. The van der Waals surface area contributed by atoms with E-state index < -0.39 is 18.4 Å². The van der Waals surface area contributed by atoms with Gasteiger partial charge in [0, 0.05) is 12.6 Å². The molecule has 166 valence electrons. The summed E-state index contributed by atoms with van der Waals surface area (Å²) < 4.78 is 62.8. The minimum absolute atomic E-state index is 0.0604. The van der Waals surface area contributed by atoms with E-state index in [2.05, 4.69) is 15.2 Å². The number of nitrogens with zero attached hydrogens (tertiary/aromatic N) is 2. The fourth-order valence-electron chi connectivity index (χ4n) is 2.64. The van der Waals surface area contributed by atoms with Crippen molar-refractivity contribution in [2.75, 3.05) is 7.05 Å². The van der Waals surface area contributed by atoms with E-state index in [1.165, 1.54) is 29.9 Å². The Labute approximate surface area is 172 Å². The van der Waals surface area contributed by atoms with Crippen LogP contribution in [0.3, 0.4) is 0 Å². The molecule has 0 saturated heterocycles. The summed E-state index contributed by atoms with van der Waals surface area (Å²) in [7, 11) is 1.35. The number of aromatic nitrogens is 2. The molecule has 1 aromatic heterocycles. The standard InChI is InChI=1S/C20H25F4N3O3/c1-12-8-14(21)7-6-13(12)10-29-16-9-15(26-27(16)11-19(2,3)4)17(25-5)30-18(28)20(22,23)24/h6-9,17,25H,10-11H2,1-5H3. The largest absolute Gasteiger partial charge is 0.490 e. The van der Waals surface area contributed by atoms with Gasteiger partial charge in [-0.15, -0.1) is 0 Å². The Morgan fingerprint density at radius 2 is 1.90 bits per heavy atom. The summed E-state index contributed by atoms with van der Waals surface area (Å²) in [5.74, 6) is -2.40. The number of hydrogen-bond acceptors (Lipinski definition) is 5. The van der Waals surface area contributed by atoms with Gasteiger partial charge in [-0.1, -0.05) is 26.8 Å². The lowest BCUT2D eigenvalue weighted by atomic mass is 9.97. The molecule has 0 spiro atoms. The molecule has 0 saturated carbocycles. The first kappa shape index (κ1) is 23.7. The second-order valence-corrected chi connectivity index (χ2v) is 8.06. The molecule has 0 amide bonds. The number of aryl methyl sites for hydroxylation is 1. The van der Waals surface area contributed by atoms with Crippen molar-refractivity contribution in [3.63, 3.8) is 0 Å². The normalized spacial score (nSPS) is 13.2. The topological polar surface area (TPSA) is 65.4 Å². The third-order valence-corrected chi connectivity index (χ3v) is 4.05. The van der Waals surface area contributed by atoms with E-state index in [1.807, 2.05) is 20.8 Å². The van der Waals surface area contributed by atoms with Gasteiger partial charge in [0.25, 0.3) is 0 Å². The van der Waals surface area contributed by atoms with Crippen LogP contribution in [0.25, 0.3) is 0 Å². The summed E-state index contributed by atoms with van der Waals surface area (Å²) in [6.45, 7) is 8.13. The maximum Gasteiger partial charge on any atom is 0.490 e. The zero-order valence-corrected chi connectivity index (χ0v) is 17.4. The Morgan fingerprint density at radius 1 is 1.23 bits per heavy atom. The van der Waals surface area contributed by atoms with Crippen molar-refractivity contribution in [3.05, 3.63) is 46.9 Å². The number of esters is 1. The Bertz CT molecular complexity index is 888. The van der Waals surface area contributed by atoms with Gasteiger partial charge in [-0.3, -0.25) is 5.32 Å². The Morgan fingerprint density at radius 3 is 2.43 bits per heavy atom. The highest BCUT2D eigenvalue weighted by molar-refractivity contribution is 5.75. The molecule has 1 heterocycles. The average Bonchev–Trinajstić information content (AvgIpc) is 2.98. The van der Waals surface area contributed by atoms with Crippen LogP contribution in [-0.2, 0) is 22.7 Å². The maximum atomic E-state index is 13.3. The van der Waals surface area contributed by atoms with E-state index in [0.717, 1.165) is 5.56 Å². The van der Waals surface area contributed by atoms with Crippen LogP contribution in [0.2, 0.25) is 0 Å². The molecule has 0 bridgehead atoms. The zero-order chi connectivity index (χ0) is 22.7. The number of carbonyl (C=O) groups is 1. The van der Waals surface area contributed by atoms with Crippen molar-refractivity contribution in [1.82, 2.24) is 15.1 Å². The zero-order valence-electron chi connectivity index (χ0n) is 17.4. The van der Waals surface area contributed by atoms with Crippen molar-refractivity contribution in [3.8, 4) is 5.88 Å². The molecule has 30 heavy (non-hydrogen) atoms. The van der Waals surface area contributed by atoms with E-state index in [1.54, 1.807) is 13.0 Å². The van der Waals surface area contributed by atoms with Gasteiger partial charge in [-0.25, -0.2) is 13.9 Å². The van der Waals surface area contributed by atoms with Crippen LogP contribution in [0.5, 0.6) is 5.88 Å². The molecule has 1 unspecified atom stereocenters. The van der Waals surface area contributed by atoms with E-state index in [0.29, 0.717) is 12.1 Å². The molecule has 1 aromatic carbocycles. The summed E-state index contributed by atoms with van der Waals surface area (Å²) in [4.78, 5) is 11.2. The predicted molar refractivity (Wildman–Crippen MR) is 101 cm³/mol.